The summed E-state index contributed by atoms with van der Waals surface area (Å²) in [5.41, 5.74) is 0.812. The number of fused-ring (bicyclic) bond motifs is 1. The van der Waals surface area contributed by atoms with E-state index in [4.69, 9.17) is 0 Å². The van der Waals surface area contributed by atoms with Crippen molar-refractivity contribution in [1.29, 1.82) is 0 Å². The molecule has 128 valence electrons. The number of para-hydroxylation sites is 1. The molecule has 1 aliphatic heterocycles. The van der Waals surface area contributed by atoms with Crippen LogP contribution in [-0.2, 0) is 9.59 Å². The molecule has 0 bridgehead atoms. The highest BCUT2D eigenvalue weighted by Gasteiger charge is 2.29. The molecule has 1 atom stereocenters. The number of carbonyl (C=O) groups is 2. The van der Waals surface area contributed by atoms with E-state index in [2.05, 4.69) is 32.7 Å². The molecule has 2 amide bonds. The van der Waals surface area contributed by atoms with E-state index in [1.54, 1.807) is 11.0 Å². The first kappa shape index (κ1) is 18.3. The average molecular weight is 344 g/mol. The minimum Gasteiger partial charge on any atom is -0.350 e. The Bertz CT molecular complexity index is 689. The van der Waals surface area contributed by atoms with Gasteiger partial charge in [0.1, 0.15) is 0 Å². The van der Waals surface area contributed by atoms with Crippen molar-refractivity contribution in [2.45, 2.75) is 38.6 Å². The van der Waals surface area contributed by atoms with Crippen molar-refractivity contribution in [2.75, 3.05) is 11.4 Å². The summed E-state index contributed by atoms with van der Waals surface area (Å²) in [5.74, 6) is -0.414. The zero-order valence-corrected chi connectivity index (χ0v) is 15.4. The SMILES string of the molecule is C=CCN1C(=O)/C(=C\C(=O)N[C@@H](C)C(C)(C)C)Sc2ccccc21. The van der Waals surface area contributed by atoms with Crippen molar-refractivity contribution >= 4 is 29.3 Å². The van der Waals surface area contributed by atoms with Crippen LogP contribution in [0.3, 0.4) is 0 Å². The van der Waals surface area contributed by atoms with Gasteiger partial charge >= 0.3 is 0 Å². The molecule has 0 radical (unpaired) electrons. The fourth-order valence-corrected chi connectivity index (χ4v) is 3.19. The third-order valence-corrected chi connectivity index (χ3v) is 5.14. The van der Waals surface area contributed by atoms with Crippen LogP contribution in [-0.4, -0.2) is 24.4 Å². The van der Waals surface area contributed by atoms with E-state index in [1.807, 2.05) is 31.2 Å². The van der Waals surface area contributed by atoms with Crippen LogP contribution < -0.4 is 10.2 Å². The second kappa shape index (κ2) is 7.26. The number of hydrogen-bond acceptors (Lipinski definition) is 3. The fraction of sp³-hybridized carbons (Fsp3) is 0.368. The van der Waals surface area contributed by atoms with E-state index in [-0.39, 0.29) is 23.3 Å². The summed E-state index contributed by atoms with van der Waals surface area (Å²) in [5, 5.41) is 2.94. The lowest BCUT2D eigenvalue weighted by atomic mass is 9.88. The minimum absolute atomic E-state index is 0.00195. The molecule has 1 aromatic rings. The molecule has 1 N–H and O–H groups in total. The molecular weight excluding hydrogens is 320 g/mol. The van der Waals surface area contributed by atoms with Gasteiger partial charge in [0, 0.05) is 23.6 Å². The van der Waals surface area contributed by atoms with Crippen molar-refractivity contribution in [2.24, 2.45) is 5.41 Å². The summed E-state index contributed by atoms with van der Waals surface area (Å²) in [6.45, 7) is 12.3. The molecule has 0 saturated heterocycles. The van der Waals surface area contributed by atoms with Gasteiger partial charge in [-0.15, -0.1) is 6.58 Å². The van der Waals surface area contributed by atoms with Gasteiger partial charge in [0.05, 0.1) is 10.6 Å². The lowest BCUT2D eigenvalue weighted by molar-refractivity contribution is -0.118. The quantitative estimate of drug-likeness (QED) is 0.668. The molecule has 1 aromatic carbocycles. The lowest BCUT2D eigenvalue weighted by Crippen LogP contribution is -2.41. The molecule has 0 aliphatic carbocycles. The van der Waals surface area contributed by atoms with E-state index < -0.39 is 0 Å². The predicted molar refractivity (Wildman–Crippen MR) is 100.0 cm³/mol. The summed E-state index contributed by atoms with van der Waals surface area (Å²) >= 11 is 1.33. The summed E-state index contributed by atoms with van der Waals surface area (Å²) in [6.07, 6.45) is 3.09. The smallest absolute Gasteiger partial charge is 0.265 e. The van der Waals surface area contributed by atoms with Crippen LogP contribution in [0.2, 0.25) is 0 Å². The molecule has 1 heterocycles. The number of nitrogens with zero attached hydrogens (tertiary/aromatic N) is 1. The maximum Gasteiger partial charge on any atom is 0.265 e. The molecule has 0 aromatic heterocycles. The van der Waals surface area contributed by atoms with Crippen LogP contribution in [0.5, 0.6) is 0 Å². The number of nitrogens with one attached hydrogen (secondary N) is 1. The number of hydrogen-bond donors (Lipinski definition) is 1. The van der Waals surface area contributed by atoms with Gasteiger partial charge < -0.3 is 10.2 Å². The maximum absolute atomic E-state index is 12.7. The molecule has 24 heavy (non-hydrogen) atoms. The number of amides is 2. The summed E-state index contributed by atoms with van der Waals surface area (Å²) < 4.78 is 0. The molecule has 4 nitrogen and oxygen atoms in total. The Morgan fingerprint density at radius 1 is 1.38 bits per heavy atom. The second-order valence-corrected chi connectivity index (χ2v) is 7.96. The predicted octanol–water partition coefficient (Wildman–Crippen LogP) is 3.75. The van der Waals surface area contributed by atoms with Crippen molar-refractivity contribution in [3.8, 4) is 0 Å². The lowest BCUT2D eigenvalue weighted by Gasteiger charge is -2.30. The Morgan fingerprint density at radius 2 is 2.04 bits per heavy atom. The van der Waals surface area contributed by atoms with Crippen LogP contribution in [0.1, 0.15) is 27.7 Å². The zero-order valence-electron chi connectivity index (χ0n) is 14.6. The molecule has 0 spiro atoms. The van der Waals surface area contributed by atoms with Gasteiger partial charge in [0.15, 0.2) is 0 Å². The number of benzene rings is 1. The number of carbonyl (C=O) groups excluding carboxylic acids is 2. The summed E-state index contributed by atoms with van der Waals surface area (Å²) in [6, 6.07) is 7.68. The summed E-state index contributed by atoms with van der Waals surface area (Å²) in [7, 11) is 0. The Labute approximate surface area is 148 Å². The van der Waals surface area contributed by atoms with E-state index in [1.165, 1.54) is 17.8 Å². The Hall–Kier alpha value is -2.01. The molecule has 2 rings (SSSR count). The highest BCUT2D eigenvalue weighted by molar-refractivity contribution is 8.04. The van der Waals surface area contributed by atoms with Crippen LogP contribution in [0, 0.1) is 5.41 Å². The van der Waals surface area contributed by atoms with Gasteiger partial charge in [-0.1, -0.05) is 50.7 Å². The largest absolute Gasteiger partial charge is 0.350 e. The number of rotatable bonds is 4. The molecule has 1 aliphatic rings. The first-order valence-electron chi connectivity index (χ1n) is 7.96. The highest BCUT2D eigenvalue weighted by Crippen LogP contribution is 2.41. The van der Waals surface area contributed by atoms with Crippen LogP contribution >= 0.6 is 11.8 Å². The van der Waals surface area contributed by atoms with Crippen LogP contribution in [0.4, 0.5) is 5.69 Å². The second-order valence-electron chi connectivity index (χ2n) is 6.88. The van der Waals surface area contributed by atoms with Crippen molar-refractivity contribution < 1.29 is 9.59 Å². The van der Waals surface area contributed by atoms with Gasteiger partial charge in [-0.2, -0.15) is 0 Å². The van der Waals surface area contributed by atoms with Gasteiger partial charge in [-0.25, -0.2) is 0 Å². The van der Waals surface area contributed by atoms with Gasteiger partial charge in [-0.3, -0.25) is 9.59 Å². The standard InChI is InChI=1S/C19H24N2O2S/c1-6-11-21-14-9-7-8-10-15(14)24-16(18(21)23)12-17(22)20-13(2)19(3,4)5/h6-10,12-13H,1,11H2,2-5H3,(H,20,22)/b16-12+/t13-/m0/s1. The topological polar surface area (TPSA) is 49.4 Å². The summed E-state index contributed by atoms with van der Waals surface area (Å²) in [4.78, 5) is 28.0. The molecule has 0 saturated carbocycles. The zero-order chi connectivity index (χ0) is 17.9. The third-order valence-electron chi connectivity index (χ3n) is 4.06. The van der Waals surface area contributed by atoms with Crippen molar-refractivity contribution in [3.05, 3.63) is 47.9 Å². The Balaban J connectivity index is 2.26. The van der Waals surface area contributed by atoms with Crippen LogP contribution in [0.25, 0.3) is 0 Å². The molecule has 5 heteroatoms. The number of thioether (sulfide) groups is 1. The fourth-order valence-electron chi connectivity index (χ4n) is 2.16. The van der Waals surface area contributed by atoms with Gasteiger partial charge in [-0.05, 0) is 24.5 Å². The van der Waals surface area contributed by atoms with E-state index >= 15 is 0 Å². The van der Waals surface area contributed by atoms with E-state index in [9.17, 15) is 9.59 Å². The van der Waals surface area contributed by atoms with Crippen molar-refractivity contribution in [3.63, 3.8) is 0 Å². The molecule has 0 unspecified atom stereocenters. The van der Waals surface area contributed by atoms with Gasteiger partial charge in [0.25, 0.3) is 5.91 Å². The molecule has 0 fully saturated rings. The highest BCUT2D eigenvalue weighted by atomic mass is 32.2. The van der Waals surface area contributed by atoms with Crippen LogP contribution in [0.15, 0.2) is 52.8 Å². The average Bonchev–Trinajstić information content (AvgIpc) is 2.50. The van der Waals surface area contributed by atoms with E-state index in [0.717, 1.165) is 10.6 Å². The third kappa shape index (κ3) is 4.09. The van der Waals surface area contributed by atoms with Gasteiger partial charge in [0.2, 0.25) is 5.91 Å². The normalized spacial score (nSPS) is 17.4. The first-order valence-corrected chi connectivity index (χ1v) is 8.77. The minimum atomic E-state index is -0.244. The Morgan fingerprint density at radius 3 is 2.67 bits per heavy atom. The first-order chi connectivity index (χ1) is 11.2. The van der Waals surface area contributed by atoms with Crippen molar-refractivity contribution in [1.82, 2.24) is 5.32 Å². The Kier molecular flexibility index (Phi) is 5.54. The molecular formula is C19H24N2O2S. The van der Waals surface area contributed by atoms with E-state index in [0.29, 0.717) is 11.4 Å². The number of anilines is 1. The maximum atomic E-state index is 12.7. The monoisotopic (exact) mass is 344 g/mol.